The molecule has 0 atom stereocenters. The molecule has 1 heterocycles. The topological polar surface area (TPSA) is 326 Å². The third kappa shape index (κ3) is 39.0. The van der Waals surface area contributed by atoms with Crippen molar-refractivity contribution in [1.82, 2.24) is 4.98 Å². The summed E-state index contributed by atoms with van der Waals surface area (Å²) in [5, 5.41) is 41.9. The zero-order chi connectivity index (χ0) is 17.3. The summed E-state index contributed by atoms with van der Waals surface area (Å²) in [6, 6.07) is 4.62. The quantitative estimate of drug-likeness (QED) is 0.266. The molecule has 14 nitrogen and oxygen atoms in total. The van der Waals surface area contributed by atoms with Crippen molar-refractivity contribution in [1.29, 1.82) is 0 Å². The van der Waals surface area contributed by atoms with Crippen molar-refractivity contribution in [3.8, 4) is 0 Å². The maximum absolute atomic E-state index is 10.0. The van der Waals surface area contributed by atoms with Crippen LogP contribution in [0.15, 0.2) is 24.4 Å². The number of aliphatic carboxylic acids is 2. The summed E-state index contributed by atoms with van der Waals surface area (Å²) in [5.74, 6) is -5.61. The molecule has 1 aromatic heterocycles. The first kappa shape index (κ1) is 43.4. The van der Waals surface area contributed by atoms with Gasteiger partial charge in [-0.2, -0.15) is 0 Å². The second-order valence-corrected chi connectivity index (χ2v) is 2.78. The van der Waals surface area contributed by atoms with E-state index in [1.807, 2.05) is 0 Å². The zero-order valence-electron chi connectivity index (χ0n) is 12.7. The van der Waals surface area contributed by atoms with Gasteiger partial charge in [-0.3, -0.25) is 4.98 Å². The summed E-state index contributed by atoms with van der Waals surface area (Å²) in [7, 11) is 0. The Kier molecular flexibility index (Phi) is 58.1. The third-order valence-electron chi connectivity index (χ3n) is 1.29. The first-order valence-corrected chi connectivity index (χ1v) is 5.16. The number of pyridine rings is 1. The molecule has 1 radical (unpaired) electrons. The molecule has 0 aliphatic carbocycles. The van der Waals surface area contributed by atoms with E-state index in [0.29, 0.717) is 0 Å². The van der Waals surface area contributed by atoms with Crippen molar-refractivity contribution < 1.29 is 86.7 Å². The second kappa shape index (κ2) is 33.5. The Hall–Kier alpha value is -2.14. The van der Waals surface area contributed by atoms with Crippen LogP contribution in [0.3, 0.4) is 0 Å². The normalized spacial score (nSPS) is 6.40. The maximum Gasteiger partial charge on any atom is 0.124 e. The molecular formula is C10H18N3O11V-5. The molecule has 0 unspecified atom stereocenters. The van der Waals surface area contributed by atoms with Crippen molar-refractivity contribution in [2.45, 2.75) is 0 Å². The predicted molar refractivity (Wildman–Crippen MR) is 62.0 cm³/mol. The van der Waals surface area contributed by atoms with Crippen LogP contribution in [0.25, 0.3) is 0 Å². The fourth-order valence-electron chi connectivity index (χ4n) is 0.484. The van der Waals surface area contributed by atoms with E-state index in [1.165, 1.54) is 12.3 Å². The molecule has 1 rings (SSSR count). The number of aromatic carboxylic acids is 1. The number of aromatic nitrogens is 1. The zero-order valence-corrected chi connectivity index (χ0v) is 14.1. The minimum atomic E-state index is -2.19. The van der Waals surface area contributed by atoms with Gasteiger partial charge in [0.25, 0.3) is 0 Å². The third-order valence-corrected chi connectivity index (χ3v) is 1.29. The molecule has 0 saturated carbocycles. The van der Waals surface area contributed by atoms with Crippen LogP contribution in [-0.4, -0.2) is 46.9 Å². The van der Waals surface area contributed by atoms with Crippen molar-refractivity contribution in [2.75, 3.05) is 13.1 Å². The molecule has 0 spiro atoms. The molecule has 0 aromatic carbocycles. The van der Waals surface area contributed by atoms with Crippen LogP contribution in [0.4, 0.5) is 0 Å². The molecule has 25 heavy (non-hydrogen) atoms. The summed E-state index contributed by atoms with van der Waals surface area (Å²) in [6.07, 6.45) is 1.41. The SMILES string of the molecule is O.O.O=C([O-])C(=O)[O-].O=C([O-])c1ccccn1.[NH3+]CC[NH3+].[O-2].[O-][O-].[V]. The molecule has 0 bridgehead atoms. The fraction of sp³-hybridized carbons (Fsp3) is 0.200. The minimum absolute atomic E-state index is 0. The summed E-state index contributed by atoms with van der Waals surface area (Å²) < 4.78 is 0. The minimum Gasteiger partial charge on any atom is -2.00 e. The number of quaternary nitrogens is 2. The predicted octanol–water partition coefficient (Wildman–Crippen LogP) is -10.7. The van der Waals surface area contributed by atoms with Crippen LogP contribution in [-0.2, 0) is 33.6 Å². The molecule has 149 valence electrons. The second-order valence-electron chi connectivity index (χ2n) is 2.78. The Morgan fingerprint density at radius 1 is 0.920 bits per heavy atom. The van der Waals surface area contributed by atoms with E-state index >= 15 is 0 Å². The van der Waals surface area contributed by atoms with Gasteiger partial charge in [-0.15, -0.1) is 0 Å². The number of rotatable bonds is 2. The van der Waals surface area contributed by atoms with Crippen LogP contribution in [0, 0.1) is 0 Å². The number of carbonyl (C=O) groups is 3. The Bertz CT molecular complexity index is 394. The number of carboxylic acids is 3. The van der Waals surface area contributed by atoms with Crippen LogP contribution in [0.5, 0.6) is 0 Å². The van der Waals surface area contributed by atoms with Crippen molar-refractivity contribution in [3.05, 3.63) is 30.1 Å². The smallest absolute Gasteiger partial charge is 0.124 e. The average molecular weight is 407 g/mol. The number of nitrogens with zero attached hydrogens (tertiary/aromatic N) is 1. The molecule has 1 aromatic rings. The van der Waals surface area contributed by atoms with Crippen molar-refractivity contribution in [3.63, 3.8) is 0 Å². The molecule has 0 aliphatic heterocycles. The Morgan fingerprint density at radius 2 is 1.28 bits per heavy atom. The van der Waals surface area contributed by atoms with Crippen LogP contribution < -0.4 is 37.3 Å². The summed E-state index contributed by atoms with van der Waals surface area (Å²) >= 11 is 0. The summed E-state index contributed by atoms with van der Waals surface area (Å²) in [4.78, 5) is 31.4. The number of carboxylic acid groups (broad SMARTS) is 3. The van der Waals surface area contributed by atoms with Gasteiger partial charge < -0.3 is 68.1 Å². The number of carbonyl (C=O) groups excluding carboxylic acids is 3. The number of hydrogen-bond acceptors (Lipinski definition) is 9. The van der Waals surface area contributed by atoms with Gasteiger partial charge in [-0.05, 0) is 12.1 Å². The largest absolute Gasteiger partial charge is 2.00 e. The molecule has 0 fully saturated rings. The first-order valence-electron chi connectivity index (χ1n) is 5.16. The van der Waals surface area contributed by atoms with Gasteiger partial charge >= 0.3 is 0 Å². The summed E-state index contributed by atoms with van der Waals surface area (Å²) in [5.41, 5.74) is 7.05. The fourth-order valence-corrected chi connectivity index (χ4v) is 0.484. The van der Waals surface area contributed by atoms with Crippen LogP contribution >= 0.6 is 0 Å². The van der Waals surface area contributed by atoms with Crippen molar-refractivity contribution in [2.24, 2.45) is 0 Å². The van der Waals surface area contributed by atoms with E-state index in [2.05, 4.69) is 16.5 Å². The van der Waals surface area contributed by atoms with Gasteiger partial charge in [0.2, 0.25) is 0 Å². The molecule has 10 N–H and O–H groups in total. The maximum atomic E-state index is 10.0. The van der Waals surface area contributed by atoms with E-state index in [1.54, 1.807) is 12.1 Å². The van der Waals surface area contributed by atoms with Gasteiger partial charge in [-0.25, -0.2) is 0 Å². The standard InChI is InChI=1S/C6H5NO2.C2H8N2.C2H2O4.O2.2H2O.O.V/c8-6(9)5-3-1-2-4-7-5;3-1-2-4;3-1(4)2(5)6;1-2;;;;/h1-4H,(H,8,9);1-4H2;(H,3,4)(H,5,6);;2*1H2;;/q;;;-2;;;-2;/p-1. The first-order chi connectivity index (χ1) is 9.86. The van der Waals surface area contributed by atoms with Gasteiger partial charge in [0, 0.05) is 24.8 Å². The Labute approximate surface area is 153 Å². The molecular weight excluding hydrogens is 389 g/mol. The Morgan fingerprint density at radius 3 is 1.40 bits per heavy atom. The molecule has 15 heteroatoms. The van der Waals surface area contributed by atoms with Gasteiger partial charge in [-0.1, -0.05) is 6.07 Å². The molecule has 0 aliphatic rings. The van der Waals surface area contributed by atoms with E-state index in [4.69, 9.17) is 30.3 Å². The average Bonchev–Trinajstić information content (AvgIpc) is 2.51. The summed E-state index contributed by atoms with van der Waals surface area (Å²) in [6.45, 7) is 1.92. The van der Waals surface area contributed by atoms with Gasteiger partial charge in [0.1, 0.15) is 13.1 Å². The van der Waals surface area contributed by atoms with E-state index < -0.39 is 17.9 Å². The molecule has 0 amide bonds. The van der Waals surface area contributed by atoms with Crippen molar-refractivity contribution >= 4 is 17.9 Å². The molecule has 0 saturated heterocycles. The van der Waals surface area contributed by atoms with Gasteiger partial charge in [0.05, 0.1) is 23.6 Å². The van der Waals surface area contributed by atoms with E-state index in [0.717, 1.165) is 13.1 Å². The Balaban J connectivity index is -0.0000000364. The van der Waals surface area contributed by atoms with E-state index in [-0.39, 0.29) is 40.7 Å². The van der Waals surface area contributed by atoms with E-state index in [9.17, 15) is 9.90 Å². The number of hydrogen-bond donors (Lipinski definition) is 2. The van der Waals surface area contributed by atoms with Crippen LogP contribution in [0.2, 0.25) is 0 Å². The van der Waals surface area contributed by atoms with Crippen LogP contribution in [0.1, 0.15) is 10.5 Å². The monoisotopic (exact) mass is 407 g/mol. The van der Waals surface area contributed by atoms with Gasteiger partial charge in [0.15, 0.2) is 0 Å².